The summed E-state index contributed by atoms with van der Waals surface area (Å²) in [6, 6.07) is 12.6. The van der Waals surface area contributed by atoms with Gasteiger partial charge < -0.3 is 14.6 Å². The van der Waals surface area contributed by atoms with Gasteiger partial charge in [0.1, 0.15) is 18.2 Å². The maximum atomic E-state index is 13.3. The van der Waals surface area contributed by atoms with Gasteiger partial charge in [0.15, 0.2) is 0 Å². The van der Waals surface area contributed by atoms with E-state index in [9.17, 15) is 19.6 Å². The number of aliphatic carboxylic acids is 1. The van der Waals surface area contributed by atoms with Gasteiger partial charge >= 0.3 is 0 Å². The minimum atomic E-state index is -1.35. The van der Waals surface area contributed by atoms with Crippen molar-refractivity contribution in [2.75, 3.05) is 6.61 Å². The minimum absolute atomic E-state index is 0.223. The first-order valence-electron chi connectivity index (χ1n) is 6.49. The molecule has 0 unspecified atom stereocenters. The van der Waals surface area contributed by atoms with Crippen molar-refractivity contribution in [3.05, 3.63) is 63.9 Å². The lowest BCUT2D eigenvalue weighted by molar-refractivity contribution is -0.307. The highest BCUT2D eigenvalue weighted by Crippen LogP contribution is 2.28. The molecule has 0 saturated heterocycles. The number of carbonyl (C=O) groups is 1. The molecule has 0 spiro atoms. The van der Waals surface area contributed by atoms with Gasteiger partial charge in [-0.25, -0.2) is 4.39 Å². The van der Waals surface area contributed by atoms with Crippen molar-refractivity contribution < 1.29 is 19.0 Å². The molecule has 0 radical (unpaired) electrons. The van der Waals surface area contributed by atoms with Gasteiger partial charge in [-0.2, -0.15) is 5.26 Å². The van der Waals surface area contributed by atoms with Crippen LogP contribution in [-0.4, -0.2) is 12.6 Å². The van der Waals surface area contributed by atoms with Crippen LogP contribution in [0.2, 0.25) is 0 Å². The normalized spacial score (nSPS) is 10.9. The molecule has 0 saturated carbocycles. The molecule has 0 aliphatic rings. The summed E-state index contributed by atoms with van der Waals surface area (Å²) < 4.78 is 19.2. The number of carboxylic acid groups (broad SMARTS) is 1. The fraction of sp³-hybridized carbons (Fsp3) is 0.0588. The highest BCUT2D eigenvalue weighted by atomic mass is 79.9. The maximum Gasteiger partial charge on any atom is 0.128 e. The number of hydrogen-bond acceptors (Lipinski definition) is 4. The van der Waals surface area contributed by atoms with Crippen LogP contribution in [-0.2, 0) is 4.79 Å². The van der Waals surface area contributed by atoms with Crippen LogP contribution in [0.3, 0.4) is 0 Å². The summed E-state index contributed by atoms with van der Waals surface area (Å²) in [7, 11) is 0. The first kappa shape index (κ1) is 16.7. The van der Waals surface area contributed by atoms with E-state index >= 15 is 0 Å². The number of halogens is 2. The average molecular weight is 375 g/mol. The second-order valence-electron chi connectivity index (χ2n) is 4.52. The van der Waals surface area contributed by atoms with Gasteiger partial charge in [0.2, 0.25) is 0 Å². The zero-order valence-electron chi connectivity index (χ0n) is 11.8. The Balaban J connectivity index is 2.44. The van der Waals surface area contributed by atoms with Crippen molar-refractivity contribution in [2.24, 2.45) is 0 Å². The van der Waals surface area contributed by atoms with Crippen LogP contribution in [0.5, 0.6) is 5.75 Å². The van der Waals surface area contributed by atoms with Crippen LogP contribution in [0.1, 0.15) is 11.1 Å². The number of rotatable bonds is 5. The van der Waals surface area contributed by atoms with Crippen molar-refractivity contribution in [1.82, 2.24) is 0 Å². The van der Waals surface area contributed by atoms with E-state index in [2.05, 4.69) is 15.9 Å². The molecule has 0 aliphatic heterocycles. The summed E-state index contributed by atoms with van der Waals surface area (Å²) in [4.78, 5) is 10.5. The molecule has 2 rings (SSSR count). The van der Waals surface area contributed by atoms with Gasteiger partial charge in [0.25, 0.3) is 0 Å². The Hall–Kier alpha value is -2.65. The monoisotopic (exact) mass is 374 g/mol. The molecule has 2 aromatic rings. The number of nitrogens with zero attached hydrogens (tertiary/aromatic N) is 1. The summed E-state index contributed by atoms with van der Waals surface area (Å²) >= 11 is 3.30. The van der Waals surface area contributed by atoms with E-state index in [4.69, 9.17) is 4.74 Å². The Morgan fingerprint density at radius 2 is 2.13 bits per heavy atom. The Morgan fingerprint density at radius 3 is 2.78 bits per heavy atom. The molecule has 0 heterocycles. The Kier molecular flexibility index (Phi) is 5.50. The number of hydrogen-bond donors (Lipinski definition) is 0. The number of ether oxygens (including phenoxy) is 1. The van der Waals surface area contributed by atoms with Crippen LogP contribution < -0.4 is 9.84 Å². The molecular weight excluding hydrogens is 365 g/mol. The van der Waals surface area contributed by atoms with Crippen LogP contribution in [0.4, 0.5) is 4.39 Å². The second-order valence-corrected chi connectivity index (χ2v) is 5.44. The maximum absolute atomic E-state index is 13.3. The topological polar surface area (TPSA) is 73.1 Å². The number of carboxylic acids is 1. The number of nitriles is 1. The van der Waals surface area contributed by atoms with Crippen LogP contribution in [0.25, 0.3) is 11.6 Å². The summed E-state index contributed by atoms with van der Waals surface area (Å²) in [6.45, 7) is -0.607. The summed E-state index contributed by atoms with van der Waals surface area (Å²) in [5, 5.41) is 19.8. The number of carbonyl (C=O) groups excluding carboxylic acids is 1. The molecule has 0 aromatic heterocycles. The number of allylic oxidation sites excluding steroid dienone is 1. The lowest BCUT2D eigenvalue weighted by atomic mass is 10.0. The van der Waals surface area contributed by atoms with E-state index in [1.54, 1.807) is 24.3 Å². The van der Waals surface area contributed by atoms with Crippen molar-refractivity contribution in [1.29, 1.82) is 5.26 Å². The molecule has 116 valence electrons. The van der Waals surface area contributed by atoms with E-state index in [-0.39, 0.29) is 11.3 Å². The minimum Gasteiger partial charge on any atom is -0.546 e. The third kappa shape index (κ3) is 4.66. The van der Waals surface area contributed by atoms with Crippen molar-refractivity contribution in [3.63, 3.8) is 0 Å². The van der Waals surface area contributed by atoms with Gasteiger partial charge in [-0.05, 0) is 42.0 Å². The van der Waals surface area contributed by atoms with Crippen LogP contribution >= 0.6 is 15.9 Å². The summed E-state index contributed by atoms with van der Waals surface area (Å²) in [5.41, 5.74) is 1.13. The molecule has 6 heteroatoms. The van der Waals surface area contributed by atoms with E-state index in [1.807, 2.05) is 6.07 Å². The van der Waals surface area contributed by atoms with Gasteiger partial charge in [-0.3, -0.25) is 0 Å². The SMILES string of the molecule is N#C/C(=C/c1cc(Br)ccc1OCC(=O)[O-])c1cccc(F)c1. The third-order valence-corrected chi connectivity index (χ3v) is 3.37. The van der Waals surface area contributed by atoms with E-state index in [1.165, 1.54) is 24.3 Å². The lowest BCUT2D eigenvalue weighted by Gasteiger charge is -2.11. The first-order valence-corrected chi connectivity index (χ1v) is 7.29. The first-order chi connectivity index (χ1) is 11.0. The predicted molar refractivity (Wildman–Crippen MR) is 84.5 cm³/mol. The zero-order chi connectivity index (χ0) is 16.8. The largest absolute Gasteiger partial charge is 0.546 e. The van der Waals surface area contributed by atoms with Crippen LogP contribution in [0.15, 0.2) is 46.9 Å². The summed E-state index contributed by atoms with van der Waals surface area (Å²) in [5.74, 6) is -1.53. The van der Waals surface area contributed by atoms with Crippen LogP contribution in [0, 0.1) is 17.1 Å². The molecule has 0 aliphatic carbocycles. The highest BCUT2D eigenvalue weighted by Gasteiger charge is 2.07. The molecule has 0 fully saturated rings. The molecule has 2 aromatic carbocycles. The Morgan fingerprint density at radius 1 is 1.35 bits per heavy atom. The molecule has 0 amide bonds. The molecule has 0 atom stereocenters. The molecule has 23 heavy (non-hydrogen) atoms. The molecule has 0 N–H and O–H groups in total. The molecular formula is C17H10BrFNO3-. The fourth-order valence-corrected chi connectivity index (χ4v) is 2.27. The van der Waals surface area contributed by atoms with Gasteiger partial charge in [-0.15, -0.1) is 0 Å². The smallest absolute Gasteiger partial charge is 0.128 e. The quantitative estimate of drug-likeness (QED) is 0.595. The van der Waals surface area contributed by atoms with Gasteiger partial charge in [-0.1, -0.05) is 28.1 Å². The van der Waals surface area contributed by atoms with E-state index in [0.29, 0.717) is 11.1 Å². The summed E-state index contributed by atoms with van der Waals surface area (Å²) in [6.07, 6.45) is 1.50. The molecule has 4 nitrogen and oxygen atoms in total. The molecule has 0 bridgehead atoms. The third-order valence-electron chi connectivity index (χ3n) is 2.87. The van der Waals surface area contributed by atoms with Gasteiger partial charge in [0.05, 0.1) is 17.6 Å². The Bertz CT molecular complexity index is 812. The highest BCUT2D eigenvalue weighted by molar-refractivity contribution is 9.10. The van der Waals surface area contributed by atoms with E-state index in [0.717, 1.165) is 4.47 Å². The van der Waals surface area contributed by atoms with Gasteiger partial charge in [0, 0.05) is 10.0 Å². The standard InChI is InChI=1S/C17H11BrFNO3/c18-14-4-5-16(23-10-17(21)22)12(7-14)6-13(9-20)11-2-1-3-15(19)8-11/h1-8H,10H2,(H,21,22)/p-1/b13-6-. The Labute approximate surface area is 140 Å². The van der Waals surface area contributed by atoms with Crippen molar-refractivity contribution in [3.8, 4) is 11.8 Å². The van der Waals surface area contributed by atoms with E-state index < -0.39 is 18.4 Å². The predicted octanol–water partition coefficient (Wildman–Crippen LogP) is 2.78. The number of benzene rings is 2. The van der Waals surface area contributed by atoms with Crippen molar-refractivity contribution >= 4 is 33.5 Å². The average Bonchev–Trinajstić information content (AvgIpc) is 2.51. The van der Waals surface area contributed by atoms with Crippen molar-refractivity contribution in [2.45, 2.75) is 0 Å². The fourth-order valence-electron chi connectivity index (χ4n) is 1.89. The lowest BCUT2D eigenvalue weighted by Crippen LogP contribution is -2.29. The second kappa shape index (κ2) is 7.56. The zero-order valence-corrected chi connectivity index (χ0v) is 13.3.